The molecule has 1 aliphatic rings. The van der Waals surface area contributed by atoms with Crippen LogP contribution in [0, 0.1) is 13.8 Å². The first-order valence-corrected chi connectivity index (χ1v) is 9.31. The summed E-state index contributed by atoms with van der Waals surface area (Å²) in [6.45, 7) is 6.61. The summed E-state index contributed by atoms with van der Waals surface area (Å²) < 4.78 is 2.08. The molecule has 4 rings (SSSR count). The summed E-state index contributed by atoms with van der Waals surface area (Å²) in [5.41, 5.74) is 3.94. The standard InChI is InChI=1S/C19H22ClN5O/c1-12-17(25-10-15(20)5-6-18(25)21-12)11-24-7-3-4-14(9-24)16-8-19(26)23-13(2)22-16/h5-6,8,10,14H,3-4,7,9,11H2,1-2H3,(H,22,23,26)/t14-/m1/s1. The fraction of sp³-hybridized carbons (Fsp3) is 0.421. The second-order valence-electron chi connectivity index (χ2n) is 7.05. The van der Waals surface area contributed by atoms with Crippen molar-refractivity contribution in [2.75, 3.05) is 13.1 Å². The Hall–Kier alpha value is -2.18. The number of likely N-dealkylation sites (tertiary alicyclic amines) is 1. The summed E-state index contributed by atoms with van der Waals surface area (Å²) >= 11 is 6.17. The summed E-state index contributed by atoms with van der Waals surface area (Å²) in [6.07, 6.45) is 4.08. The second-order valence-corrected chi connectivity index (χ2v) is 7.49. The van der Waals surface area contributed by atoms with Crippen LogP contribution in [-0.4, -0.2) is 37.3 Å². The van der Waals surface area contributed by atoms with Crippen molar-refractivity contribution < 1.29 is 0 Å². The number of hydrogen-bond acceptors (Lipinski definition) is 4. The molecule has 1 fully saturated rings. The van der Waals surface area contributed by atoms with Crippen molar-refractivity contribution in [2.45, 2.75) is 39.2 Å². The number of aromatic nitrogens is 4. The normalized spacial score (nSPS) is 18.5. The Balaban J connectivity index is 1.58. The van der Waals surface area contributed by atoms with Gasteiger partial charge in [0.25, 0.3) is 5.56 Å². The minimum atomic E-state index is -0.0723. The van der Waals surface area contributed by atoms with Crippen molar-refractivity contribution in [3.63, 3.8) is 0 Å². The van der Waals surface area contributed by atoms with Gasteiger partial charge in [-0.25, -0.2) is 9.97 Å². The SMILES string of the molecule is Cc1nc([C@@H]2CCCN(Cc3c(C)nc4ccc(Cl)cn34)C2)cc(=O)[nH]1. The lowest BCUT2D eigenvalue weighted by atomic mass is 9.94. The summed E-state index contributed by atoms with van der Waals surface area (Å²) in [6, 6.07) is 5.45. The molecule has 1 saturated heterocycles. The van der Waals surface area contributed by atoms with Crippen molar-refractivity contribution in [3.8, 4) is 0 Å². The number of pyridine rings is 1. The molecular weight excluding hydrogens is 350 g/mol. The molecule has 1 N–H and O–H groups in total. The first kappa shape index (κ1) is 17.2. The monoisotopic (exact) mass is 371 g/mol. The Bertz CT molecular complexity index is 1010. The molecule has 1 atom stereocenters. The summed E-state index contributed by atoms with van der Waals surface area (Å²) in [5.74, 6) is 0.963. The molecule has 26 heavy (non-hydrogen) atoms. The molecule has 0 amide bonds. The van der Waals surface area contributed by atoms with Crippen molar-refractivity contribution in [2.24, 2.45) is 0 Å². The first-order valence-electron chi connectivity index (χ1n) is 8.93. The zero-order valence-corrected chi connectivity index (χ0v) is 15.8. The highest BCUT2D eigenvalue weighted by Gasteiger charge is 2.24. The molecule has 1 aliphatic heterocycles. The maximum absolute atomic E-state index is 11.8. The number of fused-ring (bicyclic) bond motifs is 1. The van der Waals surface area contributed by atoms with E-state index in [1.807, 2.05) is 32.2 Å². The minimum absolute atomic E-state index is 0.0723. The number of aryl methyl sites for hydroxylation is 2. The Morgan fingerprint density at radius 1 is 1.31 bits per heavy atom. The molecule has 0 saturated carbocycles. The number of H-pyrrole nitrogens is 1. The molecule has 3 aromatic rings. The van der Waals surface area contributed by atoms with Crippen LogP contribution in [0.1, 0.15) is 41.7 Å². The van der Waals surface area contributed by atoms with Gasteiger partial charge in [-0.3, -0.25) is 9.69 Å². The third-order valence-electron chi connectivity index (χ3n) is 5.06. The van der Waals surface area contributed by atoms with Gasteiger partial charge >= 0.3 is 0 Å². The van der Waals surface area contributed by atoms with Crippen LogP contribution in [0.25, 0.3) is 5.65 Å². The molecule has 0 bridgehead atoms. The lowest BCUT2D eigenvalue weighted by Crippen LogP contribution is -2.35. The van der Waals surface area contributed by atoms with Crippen molar-refractivity contribution in [3.05, 3.63) is 62.7 Å². The van der Waals surface area contributed by atoms with Crippen molar-refractivity contribution >= 4 is 17.2 Å². The maximum atomic E-state index is 11.8. The Labute approximate surface area is 156 Å². The third kappa shape index (κ3) is 3.39. The molecule has 3 aromatic heterocycles. The average molecular weight is 372 g/mol. The van der Waals surface area contributed by atoms with Gasteiger partial charge in [-0.15, -0.1) is 0 Å². The minimum Gasteiger partial charge on any atom is -0.311 e. The molecule has 136 valence electrons. The van der Waals surface area contributed by atoms with Crippen molar-refractivity contribution in [1.82, 2.24) is 24.3 Å². The zero-order chi connectivity index (χ0) is 18.3. The number of piperidine rings is 1. The molecule has 0 aromatic carbocycles. The number of nitrogens with one attached hydrogen (secondary N) is 1. The smallest absolute Gasteiger partial charge is 0.251 e. The Kier molecular flexibility index (Phi) is 4.54. The average Bonchev–Trinajstić information content (AvgIpc) is 2.90. The maximum Gasteiger partial charge on any atom is 0.251 e. The fourth-order valence-electron chi connectivity index (χ4n) is 3.84. The summed E-state index contributed by atoms with van der Waals surface area (Å²) in [4.78, 5) is 26.1. The number of aromatic amines is 1. The second kappa shape index (κ2) is 6.85. The van der Waals surface area contributed by atoms with Crippen LogP contribution < -0.4 is 5.56 Å². The number of imidazole rings is 1. The lowest BCUT2D eigenvalue weighted by molar-refractivity contribution is 0.195. The number of halogens is 1. The van der Waals surface area contributed by atoms with Gasteiger partial charge in [0.1, 0.15) is 11.5 Å². The van der Waals surface area contributed by atoms with Gasteiger partial charge in [0, 0.05) is 31.3 Å². The highest BCUT2D eigenvalue weighted by molar-refractivity contribution is 6.30. The van der Waals surface area contributed by atoms with Crippen LogP contribution in [0.3, 0.4) is 0 Å². The zero-order valence-electron chi connectivity index (χ0n) is 15.0. The van der Waals surface area contributed by atoms with E-state index < -0.39 is 0 Å². The van der Waals surface area contributed by atoms with Gasteiger partial charge in [0.15, 0.2) is 0 Å². The number of nitrogens with zero attached hydrogens (tertiary/aromatic N) is 4. The van der Waals surface area contributed by atoms with E-state index in [9.17, 15) is 4.79 Å². The summed E-state index contributed by atoms with van der Waals surface area (Å²) in [5, 5.41) is 0.704. The van der Waals surface area contributed by atoms with Gasteiger partial charge < -0.3 is 9.38 Å². The first-order chi connectivity index (χ1) is 12.5. The van der Waals surface area contributed by atoms with Crippen LogP contribution in [-0.2, 0) is 6.54 Å². The van der Waals surface area contributed by atoms with Gasteiger partial charge in [-0.2, -0.15) is 0 Å². The van der Waals surface area contributed by atoms with Gasteiger partial charge in [-0.05, 0) is 45.4 Å². The molecule has 0 spiro atoms. The molecule has 6 nitrogen and oxygen atoms in total. The molecule has 4 heterocycles. The lowest BCUT2D eigenvalue weighted by Gasteiger charge is -2.32. The molecule has 0 unspecified atom stereocenters. The van der Waals surface area contributed by atoms with Crippen LogP contribution in [0.5, 0.6) is 0 Å². The van der Waals surface area contributed by atoms with Crippen LogP contribution in [0.15, 0.2) is 29.2 Å². The highest BCUT2D eigenvalue weighted by Crippen LogP contribution is 2.27. The van der Waals surface area contributed by atoms with Crippen molar-refractivity contribution in [1.29, 1.82) is 0 Å². The quantitative estimate of drug-likeness (QED) is 0.768. The Morgan fingerprint density at radius 2 is 2.15 bits per heavy atom. The molecule has 0 radical (unpaired) electrons. The Morgan fingerprint density at radius 3 is 2.96 bits per heavy atom. The van der Waals surface area contributed by atoms with E-state index in [4.69, 9.17) is 11.6 Å². The predicted octanol–water partition coefficient (Wildman–Crippen LogP) is 3.07. The van der Waals surface area contributed by atoms with Gasteiger partial charge in [-0.1, -0.05) is 11.6 Å². The van der Waals surface area contributed by atoms with E-state index in [-0.39, 0.29) is 11.5 Å². The predicted molar refractivity (Wildman–Crippen MR) is 102 cm³/mol. The van der Waals surface area contributed by atoms with Crippen LogP contribution >= 0.6 is 11.6 Å². The number of rotatable bonds is 3. The third-order valence-corrected chi connectivity index (χ3v) is 5.28. The topological polar surface area (TPSA) is 66.3 Å². The highest BCUT2D eigenvalue weighted by atomic mass is 35.5. The van der Waals surface area contributed by atoms with E-state index in [1.165, 1.54) is 0 Å². The molecule has 0 aliphatic carbocycles. The largest absolute Gasteiger partial charge is 0.311 e. The van der Waals surface area contributed by atoms with Crippen LogP contribution in [0.4, 0.5) is 0 Å². The molecule has 7 heteroatoms. The van der Waals surface area contributed by atoms with E-state index in [0.717, 1.165) is 55.2 Å². The van der Waals surface area contributed by atoms with Gasteiger partial charge in [0.2, 0.25) is 0 Å². The van der Waals surface area contributed by atoms with E-state index in [2.05, 4.69) is 24.3 Å². The summed E-state index contributed by atoms with van der Waals surface area (Å²) in [7, 11) is 0. The fourth-order valence-corrected chi connectivity index (χ4v) is 4.00. The van der Waals surface area contributed by atoms with Gasteiger partial charge in [0.05, 0.1) is 22.1 Å². The number of hydrogen-bond donors (Lipinski definition) is 1. The van der Waals surface area contributed by atoms with E-state index >= 15 is 0 Å². The molecular formula is C19H22ClN5O. The van der Waals surface area contributed by atoms with E-state index in [1.54, 1.807) is 6.07 Å². The van der Waals surface area contributed by atoms with Crippen LogP contribution in [0.2, 0.25) is 5.02 Å². The van der Waals surface area contributed by atoms with E-state index in [0.29, 0.717) is 10.8 Å².